The first-order valence-corrected chi connectivity index (χ1v) is 6.84. The van der Waals surface area contributed by atoms with Crippen LogP contribution in [0.25, 0.3) is 0 Å². The third-order valence-corrected chi connectivity index (χ3v) is 3.53. The van der Waals surface area contributed by atoms with E-state index in [2.05, 4.69) is 0 Å². The largest absolute Gasteiger partial charge is 0.394 e. The van der Waals surface area contributed by atoms with Gasteiger partial charge in [0.25, 0.3) is 0 Å². The zero-order chi connectivity index (χ0) is 17.7. The lowest BCUT2D eigenvalue weighted by molar-refractivity contribution is -0.324. The average Bonchev–Trinajstić information content (AvgIpc) is 2.57. The van der Waals surface area contributed by atoms with E-state index < -0.39 is 68.3 Å². The van der Waals surface area contributed by atoms with Crippen LogP contribution in [-0.2, 0) is 14.3 Å². The SMILES string of the molecule is O=C[C@H](O)[C@@H](O[C@@H]1O[C@H](CO)[C@@H](O)[C@H](O)[C@H]1O)[C@H](O)[C@H](O)CO. The number of carbonyl (C=O) groups is 1. The van der Waals surface area contributed by atoms with E-state index in [4.69, 9.17) is 19.7 Å². The minimum absolute atomic E-state index is 0.0119. The van der Waals surface area contributed by atoms with Crippen LogP contribution in [0.15, 0.2) is 0 Å². The molecule has 0 saturated carbocycles. The molecule has 0 bridgehead atoms. The molecule has 0 unspecified atom stereocenters. The van der Waals surface area contributed by atoms with Crippen LogP contribution in [0.3, 0.4) is 0 Å². The van der Waals surface area contributed by atoms with Gasteiger partial charge in [-0.25, -0.2) is 0 Å². The van der Waals surface area contributed by atoms with E-state index in [1.54, 1.807) is 0 Å². The van der Waals surface area contributed by atoms with Gasteiger partial charge in [-0.15, -0.1) is 0 Å². The quantitative estimate of drug-likeness (QED) is 0.196. The lowest BCUT2D eigenvalue weighted by Gasteiger charge is -2.41. The van der Waals surface area contributed by atoms with Crippen molar-refractivity contribution in [2.24, 2.45) is 0 Å². The lowest BCUT2D eigenvalue weighted by atomic mass is 9.98. The molecule has 0 aromatic heterocycles. The minimum Gasteiger partial charge on any atom is -0.394 e. The van der Waals surface area contributed by atoms with Gasteiger partial charge in [0.15, 0.2) is 12.6 Å². The second kappa shape index (κ2) is 8.94. The van der Waals surface area contributed by atoms with E-state index >= 15 is 0 Å². The molecular weight excluding hydrogens is 320 g/mol. The van der Waals surface area contributed by atoms with Gasteiger partial charge in [-0.2, -0.15) is 0 Å². The molecule has 1 saturated heterocycles. The topological polar surface area (TPSA) is 197 Å². The van der Waals surface area contributed by atoms with Crippen molar-refractivity contribution < 1.29 is 55.1 Å². The highest BCUT2D eigenvalue weighted by Gasteiger charge is 2.46. The van der Waals surface area contributed by atoms with E-state index in [9.17, 15) is 35.4 Å². The maximum Gasteiger partial charge on any atom is 0.187 e. The molecular formula is C12H22O11. The number of carbonyl (C=O) groups excluding carboxylic acids is 1. The van der Waals surface area contributed by atoms with Crippen LogP contribution in [0, 0.1) is 0 Å². The molecule has 0 aromatic rings. The molecule has 0 aromatic carbocycles. The van der Waals surface area contributed by atoms with Crippen LogP contribution in [0.4, 0.5) is 0 Å². The summed E-state index contributed by atoms with van der Waals surface area (Å²) in [6.45, 7) is -1.63. The molecule has 0 spiro atoms. The normalized spacial score (nSPS) is 37.0. The van der Waals surface area contributed by atoms with Gasteiger partial charge >= 0.3 is 0 Å². The second-order valence-electron chi connectivity index (χ2n) is 5.17. The van der Waals surface area contributed by atoms with Crippen molar-refractivity contribution in [3.8, 4) is 0 Å². The highest BCUT2D eigenvalue weighted by atomic mass is 16.7. The Balaban J connectivity index is 2.91. The Labute approximate surface area is 130 Å². The fourth-order valence-corrected chi connectivity index (χ4v) is 2.10. The first-order chi connectivity index (χ1) is 10.8. The highest BCUT2D eigenvalue weighted by Crippen LogP contribution is 2.24. The van der Waals surface area contributed by atoms with Gasteiger partial charge < -0.3 is 55.1 Å². The standard InChI is InChI=1S/C12H22O11/c13-1-4(16)7(18)11(5(17)2-14)23-12-10(21)9(20)8(19)6(3-15)22-12/h2,4-13,15-21H,1,3H2/t4-,5+,6-,7-,8-,9+,10-,11-,12+/m1/s1. The van der Waals surface area contributed by atoms with Gasteiger partial charge in [-0.1, -0.05) is 0 Å². The van der Waals surface area contributed by atoms with Gasteiger partial charge in [-0.05, 0) is 0 Å². The van der Waals surface area contributed by atoms with E-state index in [0.717, 1.165) is 0 Å². The Bertz CT molecular complexity index is 365. The Hall–Kier alpha value is -0.730. The van der Waals surface area contributed by atoms with Crippen LogP contribution < -0.4 is 0 Å². The fraction of sp³-hybridized carbons (Fsp3) is 0.917. The third kappa shape index (κ3) is 4.64. The summed E-state index contributed by atoms with van der Waals surface area (Å²) in [4.78, 5) is 10.7. The van der Waals surface area contributed by atoms with Gasteiger partial charge in [0.2, 0.25) is 0 Å². The summed E-state index contributed by atoms with van der Waals surface area (Å²) < 4.78 is 10.0. The Morgan fingerprint density at radius 3 is 2.13 bits per heavy atom. The van der Waals surface area contributed by atoms with Gasteiger partial charge in [0.05, 0.1) is 13.2 Å². The van der Waals surface area contributed by atoms with E-state index in [1.165, 1.54) is 0 Å². The molecule has 0 aliphatic carbocycles. The Morgan fingerprint density at radius 1 is 1.04 bits per heavy atom. The van der Waals surface area contributed by atoms with Crippen molar-refractivity contribution in [1.29, 1.82) is 0 Å². The smallest absolute Gasteiger partial charge is 0.187 e. The molecule has 0 radical (unpaired) electrons. The van der Waals surface area contributed by atoms with Crippen LogP contribution in [0.5, 0.6) is 0 Å². The summed E-state index contributed by atoms with van der Waals surface area (Å²) in [7, 11) is 0. The number of aldehydes is 1. The zero-order valence-corrected chi connectivity index (χ0v) is 12.0. The molecule has 11 heteroatoms. The summed E-state index contributed by atoms with van der Waals surface area (Å²) >= 11 is 0. The van der Waals surface area contributed by atoms with Crippen LogP contribution in [0.2, 0.25) is 0 Å². The number of aliphatic hydroxyl groups is 8. The number of rotatable bonds is 8. The Kier molecular flexibility index (Phi) is 7.89. The van der Waals surface area contributed by atoms with Crippen molar-refractivity contribution in [3.63, 3.8) is 0 Å². The van der Waals surface area contributed by atoms with Crippen LogP contribution in [-0.4, -0.2) is 115 Å². The number of hydrogen-bond donors (Lipinski definition) is 8. The molecule has 9 atom stereocenters. The fourth-order valence-electron chi connectivity index (χ4n) is 2.10. The first kappa shape index (κ1) is 20.3. The summed E-state index contributed by atoms with van der Waals surface area (Å²) in [5, 5.41) is 75.6. The lowest BCUT2D eigenvalue weighted by Crippen LogP contribution is -2.61. The van der Waals surface area contributed by atoms with E-state index in [0.29, 0.717) is 0 Å². The maximum absolute atomic E-state index is 10.7. The van der Waals surface area contributed by atoms with Gasteiger partial charge in [0, 0.05) is 0 Å². The summed E-state index contributed by atoms with van der Waals surface area (Å²) in [5.41, 5.74) is 0. The Morgan fingerprint density at radius 2 is 1.65 bits per heavy atom. The van der Waals surface area contributed by atoms with Crippen LogP contribution >= 0.6 is 0 Å². The predicted molar refractivity (Wildman–Crippen MR) is 69.8 cm³/mol. The molecule has 11 nitrogen and oxygen atoms in total. The van der Waals surface area contributed by atoms with Crippen LogP contribution in [0.1, 0.15) is 0 Å². The first-order valence-electron chi connectivity index (χ1n) is 6.84. The minimum atomic E-state index is -1.95. The molecule has 1 heterocycles. The van der Waals surface area contributed by atoms with Gasteiger partial charge in [-0.3, -0.25) is 0 Å². The zero-order valence-electron chi connectivity index (χ0n) is 12.0. The van der Waals surface area contributed by atoms with Gasteiger partial charge in [0.1, 0.15) is 48.8 Å². The molecule has 1 rings (SSSR count). The summed E-state index contributed by atoms with van der Waals surface area (Å²) in [6, 6.07) is 0. The molecule has 1 aliphatic heterocycles. The molecule has 1 aliphatic rings. The average molecular weight is 342 g/mol. The van der Waals surface area contributed by atoms with Crippen molar-refractivity contribution in [1.82, 2.24) is 0 Å². The molecule has 1 fully saturated rings. The van der Waals surface area contributed by atoms with Crippen molar-refractivity contribution >= 4 is 6.29 Å². The monoisotopic (exact) mass is 342 g/mol. The predicted octanol–water partition coefficient (Wildman–Crippen LogP) is -5.55. The third-order valence-electron chi connectivity index (χ3n) is 3.53. The van der Waals surface area contributed by atoms with Crippen molar-refractivity contribution in [2.75, 3.05) is 13.2 Å². The summed E-state index contributed by atoms with van der Waals surface area (Å²) in [5.74, 6) is 0. The summed E-state index contributed by atoms with van der Waals surface area (Å²) in [6.07, 6.45) is -15.7. The molecule has 8 N–H and O–H groups in total. The van der Waals surface area contributed by atoms with Crippen molar-refractivity contribution in [3.05, 3.63) is 0 Å². The molecule has 136 valence electrons. The second-order valence-corrected chi connectivity index (χ2v) is 5.17. The van der Waals surface area contributed by atoms with Crippen molar-refractivity contribution in [2.45, 2.75) is 55.1 Å². The number of ether oxygens (including phenoxy) is 2. The molecule has 23 heavy (non-hydrogen) atoms. The number of hydrogen-bond acceptors (Lipinski definition) is 11. The van der Waals surface area contributed by atoms with E-state index in [-0.39, 0.29) is 6.29 Å². The van der Waals surface area contributed by atoms with E-state index in [1.807, 2.05) is 0 Å². The number of aliphatic hydroxyl groups excluding tert-OH is 8. The maximum atomic E-state index is 10.7. The highest BCUT2D eigenvalue weighted by molar-refractivity contribution is 5.56. The molecule has 0 amide bonds.